The Morgan fingerprint density at radius 2 is 2.07 bits per heavy atom. The van der Waals surface area contributed by atoms with Gasteiger partial charge < -0.3 is 9.88 Å². The van der Waals surface area contributed by atoms with Gasteiger partial charge in [-0.15, -0.1) is 0 Å². The number of aromatic nitrogens is 2. The van der Waals surface area contributed by atoms with E-state index in [4.69, 9.17) is 16.6 Å². The van der Waals surface area contributed by atoms with Gasteiger partial charge in [-0.05, 0) is 48.4 Å². The normalized spacial score (nSPS) is 14.8. The molecule has 5 rings (SSSR count). The van der Waals surface area contributed by atoms with Gasteiger partial charge >= 0.3 is 0 Å². The Kier molecular flexibility index (Phi) is 3.76. The molecule has 27 heavy (non-hydrogen) atoms. The van der Waals surface area contributed by atoms with Gasteiger partial charge in [-0.3, -0.25) is 0 Å². The van der Waals surface area contributed by atoms with Crippen molar-refractivity contribution in [3.8, 4) is 0 Å². The third-order valence-corrected chi connectivity index (χ3v) is 7.41. The predicted octanol–water partition coefficient (Wildman–Crippen LogP) is 4.40. The minimum absolute atomic E-state index is 0.332. The molecule has 0 fully saturated rings. The number of nitrogens with one attached hydrogen (secondary N) is 1. The number of hydrogen-bond donors (Lipinski definition) is 1. The fourth-order valence-corrected chi connectivity index (χ4v) is 5.56. The summed E-state index contributed by atoms with van der Waals surface area (Å²) in [6.07, 6.45) is 2.14. The number of halogens is 1. The first-order valence-corrected chi connectivity index (χ1v) is 11.6. The van der Waals surface area contributed by atoms with Crippen molar-refractivity contribution in [3.05, 3.63) is 52.7 Å². The van der Waals surface area contributed by atoms with E-state index >= 15 is 0 Å². The topological polar surface area (TPSA) is 66.1 Å². The van der Waals surface area contributed by atoms with Crippen LogP contribution in [0.2, 0.25) is 5.02 Å². The monoisotopic (exact) mass is 417 g/mol. The minimum atomic E-state index is -3.22. The molecule has 0 saturated carbocycles. The summed E-state index contributed by atoms with van der Waals surface area (Å²) in [6, 6.07) is 11.1. The highest BCUT2D eigenvalue weighted by Gasteiger charge is 2.23. The summed E-state index contributed by atoms with van der Waals surface area (Å²) in [5.41, 5.74) is 4.45. The van der Waals surface area contributed by atoms with Crippen molar-refractivity contribution in [2.24, 2.45) is 0 Å². The molecule has 0 bridgehead atoms. The summed E-state index contributed by atoms with van der Waals surface area (Å²) in [4.78, 5) is 10.8. The van der Waals surface area contributed by atoms with E-state index in [2.05, 4.69) is 9.88 Å². The Labute approximate surface area is 165 Å². The lowest BCUT2D eigenvalue weighted by molar-refractivity contribution is 0.602. The third kappa shape index (κ3) is 2.90. The van der Waals surface area contributed by atoms with Crippen molar-refractivity contribution in [3.63, 3.8) is 0 Å². The Balaban J connectivity index is 1.52. The van der Waals surface area contributed by atoms with Crippen molar-refractivity contribution in [2.45, 2.75) is 17.9 Å². The summed E-state index contributed by atoms with van der Waals surface area (Å²) in [5.74, 6) is 0. The molecule has 3 heterocycles. The Hall–Kier alpha value is -2.09. The molecule has 5 nitrogen and oxygen atoms in total. The van der Waals surface area contributed by atoms with Gasteiger partial charge in [0.05, 0.1) is 21.7 Å². The zero-order valence-electron chi connectivity index (χ0n) is 14.5. The van der Waals surface area contributed by atoms with Gasteiger partial charge in [-0.25, -0.2) is 13.4 Å². The first-order valence-electron chi connectivity index (χ1n) is 8.53. The van der Waals surface area contributed by atoms with Crippen molar-refractivity contribution < 1.29 is 8.42 Å². The van der Waals surface area contributed by atoms with Gasteiger partial charge in [0.2, 0.25) is 0 Å². The first-order chi connectivity index (χ1) is 12.9. The van der Waals surface area contributed by atoms with Crippen LogP contribution in [0.3, 0.4) is 0 Å². The summed E-state index contributed by atoms with van der Waals surface area (Å²) in [5, 5.41) is 2.86. The smallest absolute Gasteiger partial charge is 0.186 e. The number of sulfone groups is 1. The number of rotatable bonds is 2. The van der Waals surface area contributed by atoms with Crippen LogP contribution in [0.25, 0.3) is 21.1 Å². The van der Waals surface area contributed by atoms with Crippen LogP contribution >= 0.6 is 22.9 Å². The number of aromatic amines is 1. The lowest BCUT2D eigenvalue weighted by Gasteiger charge is -2.26. The van der Waals surface area contributed by atoms with Crippen LogP contribution in [0.15, 0.2) is 41.3 Å². The highest BCUT2D eigenvalue weighted by Crippen LogP contribution is 2.35. The fraction of sp³-hybridized carbons (Fsp3) is 0.211. The number of anilines is 1. The molecule has 0 amide bonds. The van der Waals surface area contributed by atoms with Crippen molar-refractivity contribution in [2.75, 3.05) is 17.7 Å². The van der Waals surface area contributed by atoms with Gasteiger partial charge in [0.25, 0.3) is 0 Å². The number of nitrogens with zero attached hydrogens (tertiary/aromatic N) is 2. The van der Waals surface area contributed by atoms with Crippen LogP contribution in [0.1, 0.15) is 11.3 Å². The van der Waals surface area contributed by atoms with E-state index in [1.807, 2.05) is 18.2 Å². The quantitative estimate of drug-likeness (QED) is 0.525. The SMILES string of the molecule is CS(=O)(=O)c1ccc2nc(N3CCc4c([nH]c5ccc(Cl)cc45)C3)sc2c1. The van der Waals surface area contributed by atoms with Gasteiger partial charge in [-0.1, -0.05) is 22.9 Å². The predicted molar refractivity (Wildman–Crippen MR) is 111 cm³/mol. The van der Waals surface area contributed by atoms with Crippen LogP contribution in [0.4, 0.5) is 5.13 Å². The van der Waals surface area contributed by atoms with Crippen molar-refractivity contribution in [1.29, 1.82) is 0 Å². The average Bonchev–Trinajstić information content (AvgIpc) is 3.20. The molecule has 1 aliphatic heterocycles. The molecule has 0 atom stereocenters. The van der Waals surface area contributed by atoms with E-state index in [0.717, 1.165) is 45.4 Å². The molecule has 2 aromatic heterocycles. The second-order valence-corrected chi connectivity index (χ2v) is 10.3. The summed E-state index contributed by atoms with van der Waals surface area (Å²) < 4.78 is 24.5. The van der Waals surface area contributed by atoms with Crippen molar-refractivity contribution >= 4 is 59.0 Å². The van der Waals surface area contributed by atoms with Crippen molar-refractivity contribution in [1.82, 2.24) is 9.97 Å². The molecule has 4 aromatic rings. The molecular weight excluding hydrogens is 402 g/mol. The molecule has 0 radical (unpaired) electrons. The largest absolute Gasteiger partial charge is 0.357 e. The molecule has 0 saturated heterocycles. The van der Waals surface area contributed by atoms with Crippen LogP contribution in [0.5, 0.6) is 0 Å². The molecule has 1 N–H and O–H groups in total. The molecule has 0 unspecified atom stereocenters. The molecule has 0 aliphatic carbocycles. The Morgan fingerprint density at radius 3 is 2.89 bits per heavy atom. The fourth-order valence-electron chi connectivity index (χ4n) is 3.63. The van der Waals surface area contributed by atoms with Crippen LogP contribution in [-0.4, -0.2) is 31.2 Å². The van der Waals surface area contributed by atoms with Gasteiger partial charge in [0.15, 0.2) is 15.0 Å². The first kappa shape index (κ1) is 17.0. The Morgan fingerprint density at radius 1 is 1.22 bits per heavy atom. The number of benzene rings is 2. The number of H-pyrrole nitrogens is 1. The lowest BCUT2D eigenvalue weighted by Crippen LogP contribution is -2.29. The lowest BCUT2D eigenvalue weighted by atomic mass is 10.0. The Bertz CT molecular complexity index is 1310. The number of hydrogen-bond acceptors (Lipinski definition) is 5. The van der Waals surface area contributed by atoms with Gasteiger partial charge in [0.1, 0.15) is 0 Å². The van der Waals surface area contributed by atoms with Gasteiger partial charge in [-0.2, -0.15) is 0 Å². The van der Waals surface area contributed by atoms with Crippen LogP contribution in [-0.2, 0) is 22.8 Å². The highest BCUT2D eigenvalue weighted by molar-refractivity contribution is 7.90. The molecule has 2 aromatic carbocycles. The molecular formula is C19H16ClN3O2S2. The third-order valence-electron chi connectivity index (χ3n) is 4.98. The highest BCUT2D eigenvalue weighted by atomic mass is 35.5. The van der Waals surface area contributed by atoms with E-state index < -0.39 is 9.84 Å². The molecule has 8 heteroatoms. The van der Waals surface area contributed by atoms with E-state index in [1.54, 1.807) is 18.2 Å². The van der Waals surface area contributed by atoms with E-state index in [-0.39, 0.29) is 0 Å². The second-order valence-electron chi connectivity index (χ2n) is 6.84. The average molecular weight is 418 g/mol. The van der Waals surface area contributed by atoms with E-state index in [1.165, 1.54) is 34.2 Å². The maximum Gasteiger partial charge on any atom is 0.186 e. The standard InChI is InChI=1S/C19H16ClN3O2S2/c1-27(24,25)12-3-5-16-18(9-12)26-19(22-16)23-7-6-13-14-8-11(20)2-4-15(14)21-17(13)10-23/h2-5,8-9,21H,6-7,10H2,1H3. The maximum absolute atomic E-state index is 11.8. The zero-order valence-corrected chi connectivity index (χ0v) is 16.9. The van der Waals surface area contributed by atoms with Crippen LogP contribution < -0.4 is 4.90 Å². The summed E-state index contributed by atoms with van der Waals surface area (Å²) >= 11 is 7.69. The zero-order chi connectivity index (χ0) is 18.8. The second kappa shape index (κ2) is 5.95. The van der Waals surface area contributed by atoms with E-state index in [9.17, 15) is 8.42 Å². The molecule has 0 spiro atoms. The number of thiazole rings is 1. The van der Waals surface area contributed by atoms with E-state index in [0.29, 0.717) is 4.90 Å². The molecule has 1 aliphatic rings. The molecule has 138 valence electrons. The van der Waals surface area contributed by atoms with Gasteiger partial charge in [0, 0.05) is 34.4 Å². The summed E-state index contributed by atoms with van der Waals surface area (Å²) in [6.45, 7) is 1.62. The van der Waals surface area contributed by atoms with Crippen LogP contribution in [0, 0.1) is 0 Å². The minimum Gasteiger partial charge on any atom is -0.357 e. The maximum atomic E-state index is 11.8. The summed E-state index contributed by atoms with van der Waals surface area (Å²) in [7, 11) is -3.22. The number of fused-ring (bicyclic) bond motifs is 4.